The zero-order chi connectivity index (χ0) is 17.8. The molecular weight excluding hydrogens is 345 g/mol. The zero-order valence-corrected chi connectivity index (χ0v) is 14.5. The van der Waals surface area contributed by atoms with Gasteiger partial charge in [-0.05, 0) is 25.1 Å². The Hall–Kier alpha value is -2.25. The van der Waals surface area contributed by atoms with Gasteiger partial charge in [0.2, 0.25) is 0 Å². The number of ether oxygens (including phenoxy) is 2. The van der Waals surface area contributed by atoms with E-state index >= 15 is 0 Å². The number of halogens is 1. The molecule has 0 saturated carbocycles. The lowest BCUT2D eigenvalue weighted by molar-refractivity contribution is -0.00297. The Morgan fingerprint density at radius 3 is 2.92 bits per heavy atom. The summed E-state index contributed by atoms with van der Waals surface area (Å²) in [6.45, 7) is 2.29. The van der Waals surface area contributed by atoms with E-state index in [1.165, 1.54) is 30.4 Å². The van der Waals surface area contributed by atoms with Gasteiger partial charge in [-0.3, -0.25) is 9.59 Å². The van der Waals surface area contributed by atoms with Gasteiger partial charge in [-0.2, -0.15) is 0 Å². The van der Waals surface area contributed by atoms with Crippen molar-refractivity contribution >= 4 is 23.0 Å². The Kier molecular flexibility index (Phi) is 5.45. The van der Waals surface area contributed by atoms with Crippen molar-refractivity contribution in [1.82, 2.24) is 5.32 Å². The van der Waals surface area contributed by atoms with Crippen LogP contribution in [0.3, 0.4) is 0 Å². The molecule has 2 atom stereocenters. The average molecular weight is 363 g/mol. The van der Waals surface area contributed by atoms with Crippen molar-refractivity contribution < 1.29 is 23.5 Å². The number of carbonyl (C=O) groups excluding carboxylic acids is 2. The monoisotopic (exact) mass is 363 g/mol. The van der Waals surface area contributed by atoms with Crippen LogP contribution in [0, 0.1) is 5.82 Å². The summed E-state index contributed by atoms with van der Waals surface area (Å²) in [7, 11) is 0. The topological polar surface area (TPSA) is 64.6 Å². The number of nitrogens with one attached hydrogen (secondary N) is 1. The molecule has 132 valence electrons. The lowest BCUT2D eigenvalue weighted by Gasteiger charge is -2.32. The van der Waals surface area contributed by atoms with Crippen LogP contribution < -0.4 is 10.1 Å². The predicted molar refractivity (Wildman–Crippen MR) is 91.8 cm³/mol. The Morgan fingerprint density at radius 2 is 2.20 bits per heavy atom. The summed E-state index contributed by atoms with van der Waals surface area (Å²) in [5, 5.41) is 4.54. The minimum absolute atomic E-state index is 0.0719. The van der Waals surface area contributed by atoms with Gasteiger partial charge in [-0.25, -0.2) is 4.39 Å². The van der Waals surface area contributed by atoms with Gasteiger partial charge in [0.1, 0.15) is 17.7 Å². The van der Waals surface area contributed by atoms with Gasteiger partial charge in [0.05, 0.1) is 29.7 Å². The normalized spacial score (nSPS) is 20.1. The quantitative estimate of drug-likeness (QED) is 0.830. The summed E-state index contributed by atoms with van der Waals surface area (Å²) in [5.41, 5.74) is 0.435. The van der Waals surface area contributed by atoms with Crippen molar-refractivity contribution in [3.05, 3.63) is 52.0 Å². The van der Waals surface area contributed by atoms with Gasteiger partial charge in [-0.1, -0.05) is 6.07 Å². The van der Waals surface area contributed by atoms with Gasteiger partial charge in [-0.15, -0.1) is 11.3 Å². The molecule has 2 heterocycles. The molecule has 25 heavy (non-hydrogen) atoms. The second-order valence-electron chi connectivity index (χ2n) is 5.81. The Bertz CT molecular complexity index is 776. The van der Waals surface area contributed by atoms with Crippen molar-refractivity contribution in [2.45, 2.75) is 25.5 Å². The van der Waals surface area contributed by atoms with Crippen LogP contribution in [0.2, 0.25) is 0 Å². The molecule has 0 unspecified atom stereocenters. The van der Waals surface area contributed by atoms with Crippen LogP contribution in [0.15, 0.2) is 35.7 Å². The fourth-order valence-corrected chi connectivity index (χ4v) is 3.39. The van der Waals surface area contributed by atoms with Crippen LogP contribution in [-0.2, 0) is 4.74 Å². The summed E-state index contributed by atoms with van der Waals surface area (Å²) in [4.78, 5) is 24.3. The van der Waals surface area contributed by atoms with Crippen LogP contribution in [0.4, 0.5) is 4.39 Å². The molecule has 1 fully saturated rings. The number of hydrogen-bond donors (Lipinski definition) is 1. The average Bonchev–Trinajstić information content (AvgIpc) is 3.07. The zero-order valence-electron chi connectivity index (χ0n) is 13.7. The lowest BCUT2D eigenvalue weighted by Crippen LogP contribution is -2.51. The molecule has 1 aliphatic rings. The summed E-state index contributed by atoms with van der Waals surface area (Å²) in [6.07, 6.45) is 0.273. The van der Waals surface area contributed by atoms with Crippen LogP contribution in [0.25, 0.3) is 0 Å². The second-order valence-corrected chi connectivity index (χ2v) is 6.72. The van der Waals surface area contributed by atoms with Gasteiger partial charge in [0.15, 0.2) is 5.78 Å². The molecule has 1 aromatic heterocycles. The molecule has 0 aliphatic carbocycles. The maximum atomic E-state index is 13.3. The molecule has 0 radical (unpaired) electrons. The molecule has 1 aliphatic heterocycles. The summed E-state index contributed by atoms with van der Waals surface area (Å²) < 4.78 is 24.6. The fraction of sp³-hybridized carbons (Fsp3) is 0.333. The number of benzene rings is 1. The number of hydrogen-bond acceptors (Lipinski definition) is 5. The number of carbonyl (C=O) groups is 2. The Balaban J connectivity index is 1.67. The van der Waals surface area contributed by atoms with E-state index in [0.717, 1.165) is 0 Å². The highest BCUT2D eigenvalue weighted by Crippen LogP contribution is 2.20. The van der Waals surface area contributed by atoms with Gasteiger partial charge >= 0.3 is 0 Å². The molecule has 7 heteroatoms. The third-order valence-corrected chi connectivity index (χ3v) is 4.93. The van der Waals surface area contributed by atoms with E-state index in [4.69, 9.17) is 9.47 Å². The molecule has 1 saturated heterocycles. The van der Waals surface area contributed by atoms with Crippen LogP contribution >= 0.6 is 11.3 Å². The minimum atomic E-state index is -0.375. The molecular formula is C18H18FNO4S. The van der Waals surface area contributed by atoms with E-state index in [1.54, 1.807) is 23.6 Å². The number of rotatable bonds is 5. The molecule has 0 bridgehead atoms. The third kappa shape index (κ3) is 4.43. The largest absolute Gasteiger partial charge is 0.488 e. The number of thiophene rings is 1. The molecule has 1 amide bonds. The van der Waals surface area contributed by atoms with Crippen molar-refractivity contribution in [3.63, 3.8) is 0 Å². The first kappa shape index (κ1) is 17.6. The molecule has 0 spiro atoms. The van der Waals surface area contributed by atoms with E-state index in [9.17, 15) is 14.0 Å². The first-order chi connectivity index (χ1) is 12.0. The smallest absolute Gasteiger partial charge is 0.252 e. The minimum Gasteiger partial charge on any atom is -0.488 e. The predicted octanol–water partition coefficient (Wildman–Crippen LogP) is 3.06. The standard InChI is InChI=1S/C18H18FNO4S/c1-11(21)17-7-12(10-25-17)18(22)20-15-9-23-6-5-16(15)24-14-4-2-3-13(19)8-14/h2-4,7-8,10,15-16H,5-6,9H2,1H3,(H,20,22)/t15-,16+/m1/s1. The number of amides is 1. The Labute approximate surface area is 148 Å². The lowest BCUT2D eigenvalue weighted by atomic mass is 10.1. The summed E-state index contributed by atoms with van der Waals surface area (Å²) in [5.74, 6) is -0.315. The fourth-order valence-electron chi connectivity index (χ4n) is 2.60. The number of Topliss-reactive ketones (excluding diaryl/α,β-unsaturated/α-hetero) is 1. The highest BCUT2D eigenvalue weighted by Gasteiger charge is 2.29. The highest BCUT2D eigenvalue weighted by molar-refractivity contribution is 7.12. The van der Waals surface area contributed by atoms with E-state index in [2.05, 4.69) is 5.32 Å². The Morgan fingerprint density at radius 1 is 1.36 bits per heavy atom. The molecule has 1 aromatic carbocycles. The van der Waals surface area contributed by atoms with Crippen LogP contribution in [0.1, 0.15) is 33.4 Å². The first-order valence-corrected chi connectivity index (χ1v) is 8.81. The van der Waals surface area contributed by atoms with Gasteiger partial charge < -0.3 is 14.8 Å². The molecule has 1 N–H and O–H groups in total. The van der Waals surface area contributed by atoms with E-state index in [-0.39, 0.29) is 29.7 Å². The van der Waals surface area contributed by atoms with Crippen molar-refractivity contribution in [2.75, 3.05) is 13.2 Å². The van der Waals surface area contributed by atoms with Gasteiger partial charge in [0.25, 0.3) is 5.91 Å². The SMILES string of the molecule is CC(=O)c1cc(C(=O)N[C@@H]2COCC[C@@H]2Oc2cccc(F)c2)cs1. The van der Waals surface area contributed by atoms with E-state index < -0.39 is 0 Å². The van der Waals surface area contributed by atoms with E-state index in [1.807, 2.05) is 0 Å². The highest BCUT2D eigenvalue weighted by atomic mass is 32.1. The molecule has 5 nitrogen and oxygen atoms in total. The molecule has 2 aromatic rings. The number of ketones is 1. The van der Waals surface area contributed by atoms with Gasteiger partial charge in [0, 0.05) is 17.9 Å². The maximum Gasteiger partial charge on any atom is 0.252 e. The third-order valence-electron chi connectivity index (χ3n) is 3.90. The summed E-state index contributed by atoms with van der Waals surface area (Å²) >= 11 is 1.24. The summed E-state index contributed by atoms with van der Waals surface area (Å²) in [6, 6.07) is 7.13. The van der Waals surface area contributed by atoms with E-state index in [0.29, 0.717) is 35.8 Å². The molecule has 3 rings (SSSR count). The first-order valence-electron chi connectivity index (χ1n) is 7.93. The van der Waals surface area contributed by atoms with Crippen molar-refractivity contribution in [3.8, 4) is 5.75 Å². The van der Waals surface area contributed by atoms with Crippen LogP contribution in [-0.4, -0.2) is 37.0 Å². The van der Waals surface area contributed by atoms with Crippen molar-refractivity contribution in [1.29, 1.82) is 0 Å². The van der Waals surface area contributed by atoms with Crippen molar-refractivity contribution in [2.24, 2.45) is 0 Å². The maximum absolute atomic E-state index is 13.3. The second kappa shape index (κ2) is 7.76. The van der Waals surface area contributed by atoms with Crippen LogP contribution in [0.5, 0.6) is 5.75 Å².